The number of hydrogen-bond donors (Lipinski definition) is 0. The van der Waals surface area contributed by atoms with Crippen LogP contribution in [0.15, 0.2) is 35.2 Å². The zero-order valence-corrected chi connectivity index (χ0v) is 11.1. The van der Waals surface area contributed by atoms with Crippen molar-refractivity contribution in [3.05, 3.63) is 30.3 Å². The van der Waals surface area contributed by atoms with Gasteiger partial charge in [-0.05, 0) is 32.9 Å². The van der Waals surface area contributed by atoms with Crippen molar-refractivity contribution in [3.8, 4) is 11.8 Å². The molecule has 0 N–H and O–H groups in total. The van der Waals surface area contributed by atoms with E-state index < -0.39 is 11.6 Å². The molecule has 0 aliphatic heterocycles. The van der Waals surface area contributed by atoms with Crippen molar-refractivity contribution in [2.24, 2.45) is 0 Å². The zero-order chi connectivity index (χ0) is 12.7. The van der Waals surface area contributed by atoms with Crippen molar-refractivity contribution < 1.29 is 9.53 Å². The van der Waals surface area contributed by atoms with Crippen LogP contribution in [-0.2, 0) is 9.53 Å². The van der Waals surface area contributed by atoms with Crippen LogP contribution < -0.4 is 0 Å². The molecule has 1 aromatic carbocycles. The monoisotopic (exact) mass is 248 g/mol. The summed E-state index contributed by atoms with van der Waals surface area (Å²) in [5, 5.41) is 0. The average Bonchev–Trinajstić information content (AvgIpc) is 2.23. The predicted molar refractivity (Wildman–Crippen MR) is 70.8 cm³/mol. The quantitative estimate of drug-likeness (QED) is 0.348. The molecule has 0 atom stereocenters. The summed E-state index contributed by atoms with van der Waals surface area (Å²) in [5.41, 5.74) is -0.474. The van der Waals surface area contributed by atoms with Gasteiger partial charge in [-0.15, -0.1) is 11.8 Å². The van der Waals surface area contributed by atoms with Crippen LogP contribution >= 0.6 is 11.8 Å². The third-order valence-electron chi connectivity index (χ3n) is 1.64. The summed E-state index contributed by atoms with van der Waals surface area (Å²) in [6.07, 6.45) is 0. The Balaban J connectivity index is 2.35. The molecule has 0 bridgehead atoms. The van der Waals surface area contributed by atoms with Gasteiger partial charge in [0, 0.05) is 10.8 Å². The smallest absolute Gasteiger partial charge is 0.384 e. The van der Waals surface area contributed by atoms with Crippen molar-refractivity contribution in [3.63, 3.8) is 0 Å². The molecule has 0 spiro atoms. The van der Waals surface area contributed by atoms with E-state index in [0.717, 1.165) is 4.90 Å². The van der Waals surface area contributed by atoms with Gasteiger partial charge in [0.05, 0.1) is 5.75 Å². The first-order chi connectivity index (χ1) is 7.97. The Morgan fingerprint density at radius 2 is 1.94 bits per heavy atom. The third-order valence-corrected chi connectivity index (χ3v) is 2.54. The molecule has 0 aromatic heterocycles. The molecule has 0 radical (unpaired) electrons. The lowest BCUT2D eigenvalue weighted by Gasteiger charge is -2.16. The predicted octanol–water partition coefficient (Wildman–Crippen LogP) is 3.12. The van der Waals surface area contributed by atoms with Crippen LogP contribution in [-0.4, -0.2) is 17.3 Å². The Labute approximate surface area is 107 Å². The standard InChI is InChI=1S/C14H16O2S/c1-14(2,3)16-13(15)10-7-11-17-12-8-5-4-6-9-12/h4-6,8-9H,11H2,1-3H3. The molecule has 3 heteroatoms. The van der Waals surface area contributed by atoms with E-state index in [2.05, 4.69) is 11.8 Å². The summed E-state index contributed by atoms with van der Waals surface area (Å²) < 4.78 is 5.07. The van der Waals surface area contributed by atoms with E-state index >= 15 is 0 Å². The van der Waals surface area contributed by atoms with Crippen LogP contribution in [0.3, 0.4) is 0 Å². The van der Waals surface area contributed by atoms with E-state index in [-0.39, 0.29) is 0 Å². The number of esters is 1. The first-order valence-electron chi connectivity index (χ1n) is 5.37. The Kier molecular flexibility index (Phi) is 5.11. The van der Waals surface area contributed by atoms with E-state index in [1.54, 1.807) is 11.8 Å². The van der Waals surface area contributed by atoms with Gasteiger partial charge in [-0.25, -0.2) is 4.79 Å². The molecule has 90 valence electrons. The molecule has 0 saturated carbocycles. The minimum atomic E-state index is -0.474. The highest BCUT2D eigenvalue weighted by Gasteiger charge is 2.13. The molecule has 0 amide bonds. The van der Waals surface area contributed by atoms with Gasteiger partial charge in [0.25, 0.3) is 0 Å². The lowest BCUT2D eigenvalue weighted by atomic mass is 10.2. The Morgan fingerprint density at radius 3 is 2.53 bits per heavy atom. The molecule has 17 heavy (non-hydrogen) atoms. The number of thioether (sulfide) groups is 1. The molecule has 0 aliphatic rings. The van der Waals surface area contributed by atoms with Gasteiger partial charge >= 0.3 is 5.97 Å². The first kappa shape index (κ1) is 13.7. The molecule has 0 saturated heterocycles. The fourth-order valence-electron chi connectivity index (χ4n) is 1.05. The zero-order valence-electron chi connectivity index (χ0n) is 10.3. The topological polar surface area (TPSA) is 26.3 Å². The minimum Gasteiger partial charge on any atom is -0.450 e. The van der Waals surface area contributed by atoms with Gasteiger partial charge in [-0.2, -0.15) is 0 Å². The van der Waals surface area contributed by atoms with Crippen LogP contribution in [0.2, 0.25) is 0 Å². The number of ether oxygens (including phenoxy) is 1. The molecule has 0 aliphatic carbocycles. The van der Waals surface area contributed by atoms with Crippen LogP contribution in [0.5, 0.6) is 0 Å². The highest BCUT2D eigenvalue weighted by Crippen LogP contribution is 2.15. The third kappa shape index (κ3) is 6.70. The van der Waals surface area contributed by atoms with E-state index in [1.807, 2.05) is 51.1 Å². The summed E-state index contributed by atoms with van der Waals surface area (Å²) in [5.74, 6) is 5.39. The van der Waals surface area contributed by atoms with Crippen molar-refractivity contribution in [2.75, 3.05) is 5.75 Å². The molecular weight excluding hydrogens is 232 g/mol. The van der Waals surface area contributed by atoms with Crippen LogP contribution in [0.25, 0.3) is 0 Å². The van der Waals surface area contributed by atoms with Crippen molar-refractivity contribution >= 4 is 17.7 Å². The van der Waals surface area contributed by atoms with E-state index in [9.17, 15) is 4.79 Å². The van der Waals surface area contributed by atoms with Gasteiger partial charge in [0.15, 0.2) is 0 Å². The summed E-state index contributed by atoms with van der Waals surface area (Å²) >= 11 is 1.60. The molecule has 0 unspecified atom stereocenters. The largest absolute Gasteiger partial charge is 0.450 e. The second-order valence-corrected chi connectivity index (χ2v) is 5.45. The van der Waals surface area contributed by atoms with E-state index in [0.29, 0.717) is 5.75 Å². The summed E-state index contributed by atoms with van der Waals surface area (Å²) in [7, 11) is 0. The number of hydrogen-bond acceptors (Lipinski definition) is 3. The lowest BCUT2D eigenvalue weighted by molar-refractivity contribution is -0.147. The maximum Gasteiger partial charge on any atom is 0.384 e. The fraction of sp³-hybridized carbons (Fsp3) is 0.357. The van der Waals surface area contributed by atoms with Crippen molar-refractivity contribution in [2.45, 2.75) is 31.3 Å². The van der Waals surface area contributed by atoms with Crippen molar-refractivity contribution in [1.29, 1.82) is 0 Å². The SMILES string of the molecule is CC(C)(C)OC(=O)C#CCSc1ccccc1. The first-order valence-corrected chi connectivity index (χ1v) is 6.36. The molecule has 0 heterocycles. The van der Waals surface area contributed by atoms with Crippen molar-refractivity contribution in [1.82, 2.24) is 0 Å². The minimum absolute atomic E-state index is 0.467. The summed E-state index contributed by atoms with van der Waals surface area (Å²) in [4.78, 5) is 12.4. The average molecular weight is 248 g/mol. The molecule has 0 fully saturated rings. The number of rotatable bonds is 2. The molecular formula is C14H16O2S. The number of carbonyl (C=O) groups excluding carboxylic acids is 1. The van der Waals surface area contributed by atoms with Crippen LogP contribution in [0.1, 0.15) is 20.8 Å². The van der Waals surface area contributed by atoms with Gasteiger partial charge in [-0.1, -0.05) is 24.1 Å². The second-order valence-electron chi connectivity index (χ2n) is 4.41. The van der Waals surface area contributed by atoms with E-state index in [1.165, 1.54) is 0 Å². The molecule has 1 rings (SSSR count). The highest BCUT2D eigenvalue weighted by atomic mass is 32.2. The second kappa shape index (κ2) is 6.36. The molecule has 1 aromatic rings. The molecule has 2 nitrogen and oxygen atoms in total. The Bertz CT molecular complexity index is 421. The lowest BCUT2D eigenvalue weighted by Crippen LogP contribution is -2.22. The van der Waals surface area contributed by atoms with Gasteiger partial charge in [0.2, 0.25) is 0 Å². The van der Waals surface area contributed by atoms with Gasteiger partial charge in [0.1, 0.15) is 5.60 Å². The normalized spacial score (nSPS) is 10.3. The Morgan fingerprint density at radius 1 is 1.29 bits per heavy atom. The van der Waals surface area contributed by atoms with E-state index in [4.69, 9.17) is 4.74 Å². The maximum absolute atomic E-state index is 11.3. The van der Waals surface area contributed by atoms with Gasteiger partial charge < -0.3 is 4.74 Å². The van der Waals surface area contributed by atoms with Gasteiger partial charge in [-0.3, -0.25) is 0 Å². The highest BCUT2D eigenvalue weighted by molar-refractivity contribution is 7.99. The summed E-state index contributed by atoms with van der Waals surface area (Å²) in [6.45, 7) is 5.47. The van der Waals surface area contributed by atoms with Crippen LogP contribution in [0, 0.1) is 11.8 Å². The summed E-state index contributed by atoms with van der Waals surface area (Å²) in [6, 6.07) is 9.95. The van der Waals surface area contributed by atoms with Crippen LogP contribution in [0.4, 0.5) is 0 Å². The fourth-order valence-corrected chi connectivity index (χ4v) is 1.71. The maximum atomic E-state index is 11.3. The number of carbonyl (C=O) groups is 1. The number of benzene rings is 1. The Hall–Kier alpha value is -1.40.